The second-order valence-corrected chi connectivity index (χ2v) is 6.80. The number of aryl methyl sites for hydroxylation is 1. The molecule has 1 fully saturated rings. The molecule has 0 unspecified atom stereocenters. The highest BCUT2D eigenvalue weighted by Crippen LogP contribution is 2.39. The van der Waals surface area contributed by atoms with Gasteiger partial charge in [-0.05, 0) is 19.1 Å². The van der Waals surface area contributed by atoms with E-state index in [0.29, 0.717) is 4.90 Å². The minimum absolute atomic E-state index is 0.0907. The van der Waals surface area contributed by atoms with E-state index in [4.69, 9.17) is 16.3 Å². The van der Waals surface area contributed by atoms with Crippen LogP contribution < -0.4 is 0 Å². The van der Waals surface area contributed by atoms with Gasteiger partial charge in [0.2, 0.25) is 5.13 Å². The molecule has 2 nitrogen and oxygen atoms in total. The summed E-state index contributed by atoms with van der Waals surface area (Å²) in [5.41, 5.74) is 1.10. The van der Waals surface area contributed by atoms with Crippen LogP contribution in [0.25, 0.3) is 0 Å². The number of hydrogen-bond donors (Lipinski definition) is 0. The molecule has 0 spiro atoms. The first-order valence-corrected chi connectivity index (χ1v) is 7.55. The highest BCUT2D eigenvalue weighted by Gasteiger charge is 2.49. The molecule has 5 heteroatoms. The second kappa shape index (κ2) is 5.27. The molecule has 1 aromatic carbocycles. The molecule has 0 radical (unpaired) electrons. The summed E-state index contributed by atoms with van der Waals surface area (Å²) in [5, 5.41) is -1.92. The van der Waals surface area contributed by atoms with Gasteiger partial charge < -0.3 is 4.74 Å². The van der Waals surface area contributed by atoms with E-state index in [9.17, 15) is 8.60 Å². The van der Waals surface area contributed by atoms with Crippen LogP contribution in [0.15, 0.2) is 29.2 Å². The molecule has 1 aliphatic rings. The van der Waals surface area contributed by atoms with Crippen molar-refractivity contribution < 1.29 is 13.3 Å². The van der Waals surface area contributed by atoms with E-state index in [0.717, 1.165) is 5.56 Å². The summed E-state index contributed by atoms with van der Waals surface area (Å²) in [6, 6.07) is 7.35. The van der Waals surface area contributed by atoms with Crippen molar-refractivity contribution in [2.24, 2.45) is 5.92 Å². The standard InChI is InChI=1S/C13H16ClFO2S/c1-9-3-5-11(6-4-9)18(16)8-12-13(14,15)10(2)7-17-12/h3-6,10,12H,7-8H2,1-2H3/t10-,12-,13-,18+/m1/s1. The molecule has 0 N–H and O–H groups in total. The minimum atomic E-state index is -1.92. The van der Waals surface area contributed by atoms with Crippen molar-refractivity contribution in [1.82, 2.24) is 0 Å². The smallest absolute Gasteiger partial charge is 0.215 e. The van der Waals surface area contributed by atoms with Gasteiger partial charge in [-0.2, -0.15) is 0 Å². The van der Waals surface area contributed by atoms with E-state index in [2.05, 4.69) is 0 Å². The van der Waals surface area contributed by atoms with E-state index in [1.165, 1.54) is 0 Å². The van der Waals surface area contributed by atoms with Crippen LogP contribution in [0.5, 0.6) is 0 Å². The normalized spacial score (nSPS) is 33.6. The molecule has 1 aliphatic heterocycles. The van der Waals surface area contributed by atoms with Crippen LogP contribution in [0, 0.1) is 12.8 Å². The number of ether oxygens (including phenoxy) is 1. The Balaban J connectivity index is 2.06. The molecule has 18 heavy (non-hydrogen) atoms. The third-order valence-electron chi connectivity index (χ3n) is 3.22. The second-order valence-electron chi connectivity index (χ2n) is 4.72. The molecule has 0 amide bonds. The van der Waals surface area contributed by atoms with Crippen LogP contribution in [0.3, 0.4) is 0 Å². The minimum Gasteiger partial charge on any atom is -0.372 e. The van der Waals surface area contributed by atoms with Gasteiger partial charge in [-0.15, -0.1) is 0 Å². The zero-order valence-corrected chi connectivity index (χ0v) is 11.9. The Morgan fingerprint density at radius 2 is 2.11 bits per heavy atom. The first-order valence-electron chi connectivity index (χ1n) is 5.85. The summed E-state index contributed by atoms with van der Waals surface area (Å²) in [5.74, 6) is -0.285. The van der Waals surface area contributed by atoms with Crippen molar-refractivity contribution >= 4 is 22.4 Å². The van der Waals surface area contributed by atoms with Crippen molar-refractivity contribution in [2.45, 2.75) is 30.0 Å². The molecule has 2 rings (SSSR count). The Labute approximate surface area is 114 Å². The van der Waals surface area contributed by atoms with Crippen LogP contribution in [0.2, 0.25) is 0 Å². The van der Waals surface area contributed by atoms with Gasteiger partial charge in [-0.3, -0.25) is 4.21 Å². The van der Waals surface area contributed by atoms with Crippen molar-refractivity contribution in [2.75, 3.05) is 12.4 Å². The fraction of sp³-hybridized carbons (Fsp3) is 0.538. The predicted molar refractivity (Wildman–Crippen MR) is 71.1 cm³/mol. The quantitative estimate of drug-likeness (QED) is 0.800. The van der Waals surface area contributed by atoms with Crippen LogP contribution in [0.4, 0.5) is 4.39 Å². The third-order valence-corrected chi connectivity index (χ3v) is 5.24. The lowest BCUT2D eigenvalue weighted by molar-refractivity contribution is 0.0798. The van der Waals surface area contributed by atoms with Gasteiger partial charge >= 0.3 is 0 Å². The Morgan fingerprint density at radius 1 is 1.50 bits per heavy atom. The first-order chi connectivity index (χ1) is 8.41. The van der Waals surface area contributed by atoms with E-state index in [1.54, 1.807) is 19.1 Å². The highest BCUT2D eigenvalue weighted by atomic mass is 35.5. The van der Waals surface area contributed by atoms with Gasteiger partial charge in [-0.1, -0.05) is 36.2 Å². The Bertz CT molecular complexity index is 447. The largest absolute Gasteiger partial charge is 0.372 e. The number of benzene rings is 1. The van der Waals surface area contributed by atoms with E-state index >= 15 is 0 Å². The molecule has 4 atom stereocenters. The molecule has 1 saturated heterocycles. The fourth-order valence-corrected chi connectivity index (χ4v) is 3.42. The molecule has 1 heterocycles. The maximum absolute atomic E-state index is 14.1. The highest BCUT2D eigenvalue weighted by molar-refractivity contribution is 7.85. The maximum atomic E-state index is 14.1. The SMILES string of the molecule is Cc1ccc([S@@](=O)C[C@H]2OC[C@@H](C)[C@]2(F)Cl)cc1. The Hall–Kier alpha value is -0.450. The predicted octanol–water partition coefficient (Wildman–Crippen LogP) is 3.04. The van der Waals surface area contributed by atoms with Gasteiger partial charge in [-0.25, -0.2) is 4.39 Å². The molecular formula is C13H16ClFO2S. The average Bonchev–Trinajstić information content (AvgIpc) is 2.57. The van der Waals surface area contributed by atoms with Crippen LogP contribution in [-0.4, -0.2) is 27.8 Å². The molecule has 1 aromatic rings. The fourth-order valence-electron chi connectivity index (χ4n) is 1.88. The zero-order chi connectivity index (χ0) is 13.3. The third kappa shape index (κ3) is 2.76. The van der Waals surface area contributed by atoms with Crippen LogP contribution >= 0.6 is 11.6 Å². The molecule has 0 bridgehead atoms. The number of rotatable bonds is 3. The average molecular weight is 291 g/mol. The van der Waals surface area contributed by atoms with Gasteiger partial charge in [0.05, 0.1) is 23.2 Å². The summed E-state index contributed by atoms with van der Waals surface area (Å²) < 4.78 is 31.5. The molecule has 0 saturated carbocycles. The molecular weight excluding hydrogens is 275 g/mol. The number of alkyl halides is 2. The van der Waals surface area contributed by atoms with E-state index in [-0.39, 0.29) is 18.3 Å². The monoisotopic (exact) mass is 290 g/mol. The molecule has 0 aromatic heterocycles. The van der Waals surface area contributed by atoms with Gasteiger partial charge in [0, 0.05) is 10.8 Å². The van der Waals surface area contributed by atoms with Crippen LogP contribution in [-0.2, 0) is 15.5 Å². The summed E-state index contributed by atoms with van der Waals surface area (Å²) in [4.78, 5) is 0.677. The Morgan fingerprint density at radius 3 is 2.61 bits per heavy atom. The summed E-state index contributed by atoms with van der Waals surface area (Å²) in [7, 11) is -1.29. The van der Waals surface area contributed by atoms with E-state index in [1.807, 2.05) is 19.1 Å². The van der Waals surface area contributed by atoms with Crippen LogP contribution in [0.1, 0.15) is 12.5 Å². The number of hydrogen-bond acceptors (Lipinski definition) is 2. The summed E-state index contributed by atoms with van der Waals surface area (Å²) in [6.07, 6.45) is -0.809. The lowest BCUT2D eigenvalue weighted by Gasteiger charge is -2.21. The van der Waals surface area contributed by atoms with Gasteiger partial charge in [0.15, 0.2) is 0 Å². The Kier molecular flexibility index (Phi) is 4.09. The van der Waals surface area contributed by atoms with Gasteiger partial charge in [0.1, 0.15) is 6.10 Å². The van der Waals surface area contributed by atoms with Crippen molar-refractivity contribution in [3.05, 3.63) is 29.8 Å². The maximum Gasteiger partial charge on any atom is 0.215 e. The molecule has 0 aliphatic carbocycles. The zero-order valence-electron chi connectivity index (χ0n) is 10.4. The lowest BCUT2D eigenvalue weighted by Crippen LogP contribution is -2.36. The summed E-state index contributed by atoms with van der Waals surface area (Å²) >= 11 is 5.81. The lowest BCUT2D eigenvalue weighted by atomic mass is 10.1. The van der Waals surface area contributed by atoms with Crippen molar-refractivity contribution in [3.8, 4) is 0 Å². The topological polar surface area (TPSA) is 26.3 Å². The van der Waals surface area contributed by atoms with Gasteiger partial charge in [0.25, 0.3) is 0 Å². The number of halogens is 2. The van der Waals surface area contributed by atoms with E-state index < -0.39 is 22.0 Å². The summed E-state index contributed by atoms with van der Waals surface area (Å²) in [6.45, 7) is 3.93. The first kappa shape index (κ1) is 14.0. The van der Waals surface area contributed by atoms with Crippen molar-refractivity contribution in [3.63, 3.8) is 0 Å². The molecule has 100 valence electrons. The van der Waals surface area contributed by atoms with Crippen molar-refractivity contribution in [1.29, 1.82) is 0 Å².